The Balaban J connectivity index is 1.85. The highest BCUT2D eigenvalue weighted by atomic mass is 35.5. The molecule has 7 heteroatoms. The Kier molecular flexibility index (Phi) is 2.87. The lowest BCUT2D eigenvalue weighted by atomic mass is 10.2. The fourth-order valence-electron chi connectivity index (χ4n) is 1.81. The number of halogens is 1. The molecule has 1 aliphatic rings. The Morgan fingerprint density at radius 1 is 1.39 bits per heavy atom. The Bertz CT molecular complexity index is 536. The number of hydrogen-bond donors (Lipinski definition) is 1. The number of nitrogens with zero attached hydrogens (tertiary/aromatic N) is 5. The van der Waals surface area contributed by atoms with Gasteiger partial charge in [0.1, 0.15) is 6.33 Å². The Hall–Kier alpha value is -1.69. The molecule has 1 aliphatic carbocycles. The molecule has 1 atom stereocenters. The highest BCUT2D eigenvalue weighted by molar-refractivity contribution is 6.28. The van der Waals surface area contributed by atoms with Crippen molar-refractivity contribution >= 4 is 17.5 Å². The first-order valence-corrected chi connectivity index (χ1v) is 6.26. The molecular formula is C11H13ClN6. The standard InChI is InChI=1S/C11H13ClN6/c1-7(8-2-3-8)14-10-15-9(12)16-11(17-10)18-5-4-13-6-18/h4-8H,2-3H2,1H3,(H,14,15,16,17). The van der Waals surface area contributed by atoms with Crippen molar-refractivity contribution in [1.29, 1.82) is 0 Å². The fourth-order valence-corrected chi connectivity index (χ4v) is 1.97. The minimum Gasteiger partial charge on any atom is -0.351 e. The molecule has 2 heterocycles. The van der Waals surface area contributed by atoms with Crippen molar-refractivity contribution < 1.29 is 0 Å². The Morgan fingerprint density at radius 2 is 2.22 bits per heavy atom. The zero-order valence-electron chi connectivity index (χ0n) is 9.91. The first-order valence-electron chi connectivity index (χ1n) is 5.89. The van der Waals surface area contributed by atoms with Crippen LogP contribution >= 0.6 is 11.6 Å². The fraction of sp³-hybridized carbons (Fsp3) is 0.455. The predicted molar refractivity (Wildman–Crippen MR) is 67.8 cm³/mol. The summed E-state index contributed by atoms with van der Waals surface area (Å²) in [5, 5.41) is 3.45. The van der Waals surface area contributed by atoms with E-state index in [2.05, 4.69) is 32.2 Å². The van der Waals surface area contributed by atoms with Crippen LogP contribution in [0.25, 0.3) is 5.95 Å². The molecule has 0 bridgehead atoms. The van der Waals surface area contributed by atoms with E-state index in [1.165, 1.54) is 12.8 Å². The second kappa shape index (κ2) is 4.53. The third-order valence-corrected chi connectivity index (χ3v) is 3.19. The number of hydrogen-bond acceptors (Lipinski definition) is 5. The van der Waals surface area contributed by atoms with Gasteiger partial charge in [0.05, 0.1) is 0 Å². The SMILES string of the molecule is CC(Nc1nc(Cl)nc(-n2ccnc2)n1)C1CC1. The van der Waals surface area contributed by atoms with Crippen molar-refractivity contribution in [2.45, 2.75) is 25.8 Å². The molecule has 1 N–H and O–H groups in total. The molecule has 0 saturated heterocycles. The zero-order valence-corrected chi connectivity index (χ0v) is 10.7. The van der Waals surface area contributed by atoms with Gasteiger partial charge < -0.3 is 5.32 Å². The maximum atomic E-state index is 5.91. The van der Waals surface area contributed by atoms with E-state index in [-0.39, 0.29) is 5.28 Å². The number of aromatic nitrogens is 5. The van der Waals surface area contributed by atoms with Crippen LogP contribution in [0.2, 0.25) is 5.28 Å². The van der Waals surface area contributed by atoms with Gasteiger partial charge in [-0.25, -0.2) is 4.98 Å². The third-order valence-electron chi connectivity index (χ3n) is 3.02. The van der Waals surface area contributed by atoms with Gasteiger partial charge >= 0.3 is 0 Å². The van der Waals surface area contributed by atoms with Crippen LogP contribution < -0.4 is 5.32 Å². The van der Waals surface area contributed by atoms with Gasteiger partial charge in [0.25, 0.3) is 0 Å². The van der Waals surface area contributed by atoms with Crippen LogP contribution in [0.1, 0.15) is 19.8 Å². The van der Waals surface area contributed by atoms with E-state index in [0.717, 1.165) is 5.92 Å². The Labute approximate surface area is 109 Å². The van der Waals surface area contributed by atoms with E-state index in [4.69, 9.17) is 11.6 Å². The quantitative estimate of drug-likeness (QED) is 0.914. The lowest BCUT2D eigenvalue weighted by molar-refractivity contribution is 0.683. The van der Waals surface area contributed by atoms with Crippen LogP contribution in [-0.4, -0.2) is 30.5 Å². The van der Waals surface area contributed by atoms with Crippen molar-refractivity contribution in [3.63, 3.8) is 0 Å². The molecule has 94 valence electrons. The highest BCUT2D eigenvalue weighted by Crippen LogP contribution is 2.33. The van der Waals surface area contributed by atoms with Gasteiger partial charge in [-0.05, 0) is 37.3 Å². The van der Waals surface area contributed by atoms with Gasteiger partial charge in [-0.2, -0.15) is 15.0 Å². The van der Waals surface area contributed by atoms with Gasteiger partial charge in [-0.1, -0.05) is 0 Å². The molecular weight excluding hydrogens is 252 g/mol. The van der Waals surface area contributed by atoms with Crippen LogP contribution in [0.3, 0.4) is 0 Å². The number of anilines is 1. The van der Waals surface area contributed by atoms with E-state index in [0.29, 0.717) is 17.9 Å². The summed E-state index contributed by atoms with van der Waals surface area (Å²) < 4.78 is 1.69. The second-order valence-electron chi connectivity index (χ2n) is 4.47. The summed E-state index contributed by atoms with van der Waals surface area (Å²) in [6.07, 6.45) is 7.58. The van der Waals surface area contributed by atoms with Gasteiger partial charge in [0, 0.05) is 18.4 Å². The summed E-state index contributed by atoms with van der Waals surface area (Å²) in [5.74, 6) is 1.70. The molecule has 0 aromatic carbocycles. The smallest absolute Gasteiger partial charge is 0.241 e. The maximum absolute atomic E-state index is 5.91. The van der Waals surface area contributed by atoms with Crippen LogP contribution in [0.15, 0.2) is 18.7 Å². The van der Waals surface area contributed by atoms with Crippen LogP contribution in [-0.2, 0) is 0 Å². The molecule has 1 unspecified atom stereocenters. The predicted octanol–water partition coefficient (Wildman–Crippen LogP) is 1.92. The molecule has 3 rings (SSSR count). The van der Waals surface area contributed by atoms with Gasteiger partial charge in [-0.15, -0.1) is 0 Å². The van der Waals surface area contributed by atoms with E-state index in [1.807, 2.05) is 0 Å². The maximum Gasteiger partial charge on any atom is 0.241 e. The summed E-state index contributed by atoms with van der Waals surface area (Å²) in [5.41, 5.74) is 0. The topological polar surface area (TPSA) is 68.5 Å². The van der Waals surface area contributed by atoms with Crippen molar-refractivity contribution in [1.82, 2.24) is 24.5 Å². The molecule has 2 aromatic rings. The van der Waals surface area contributed by atoms with Crippen LogP contribution in [0.4, 0.5) is 5.95 Å². The Morgan fingerprint density at radius 3 is 2.89 bits per heavy atom. The van der Waals surface area contributed by atoms with Crippen molar-refractivity contribution in [3.8, 4) is 5.95 Å². The molecule has 0 spiro atoms. The summed E-state index contributed by atoms with van der Waals surface area (Å²) >= 11 is 5.91. The summed E-state index contributed by atoms with van der Waals surface area (Å²) in [6.45, 7) is 2.13. The lowest BCUT2D eigenvalue weighted by Crippen LogP contribution is -2.20. The molecule has 18 heavy (non-hydrogen) atoms. The summed E-state index contributed by atoms with van der Waals surface area (Å²) in [6, 6.07) is 0.360. The monoisotopic (exact) mass is 264 g/mol. The largest absolute Gasteiger partial charge is 0.351 e. The van der Waals surface area contributed by atoms with Crippen LogP contribution in [0.5, 0.6) is 0 Å². The summed E-state index contributed by atoms with van der Waals surface area (Å²) in [4.78, 5) is 16.4. The van der Waals surface area contributed by atoms with Crippen molar-refractivity contribution in [2.24, 2.45) is 5.92 Å². The minimum absolute atomic E-state index is 0.180. The molecule has 0 radical (unpaired) electrons. The average molecular weight is 265 g/mol. The number of nitrogens with one attached hydrogen (secondary N) is 1. The van der Waals surface area contributed by atoms with Gasteiger partial charge in [0.2, 0.25) is 17.2 Å². The lowest BCUT2D eigenvalue weighted by Gasteiger charge is -2.13. The first-order chi connectivity index (χ1) is 8.72. The molecule has 1 fully saturated rings. The molecule has 0 aliphatic heterocycles. The first kappa shape index (κ1) is 11.4. The molecule has 0 amide bonds. The number of imidazole rings is 1. The minimum atomic E-state index is 0.180. The molecule has 6 nitrogen and oxygen atoms in total. The van der Waals surface area contributed by atoms with Gasteiger partial charge in [-0.3, -0.25) is 4.57 Å². The normalized spacial score (nSPS) is 16.6. The number of rotatable bonds is 4. The van der Waals surface area contributed by atoms with E-state index in [9.17, 15) is 0 Å². The van der Waals surface area contributed by atoms with Crippen molar-refractivity contribution in [3.05, 3.63) is 24.0 Å². The van der Waals surface area contributed by atoms with Crippen molar-refractivity contribution in [2.75, 3.05) is 5.32 Å². The highest BCUT2D eigenvalue weighted by Gasteiger charge is 2.28. The van der Waals surface area contributed by atoms with Crippen LogP contribution in [0, 0.1) is 5.92 Å². The van der Waals surface area contributed by atoms with Gasteiger partial charge in [0.15, 0.2) is 0 Å². The second-order valence-corrected chi connectivity index (χ2v) is 4.81. The van der Waals surface area contributed by atoms with E-state index < -0.39 is 0 Å². The molecule has 2 aromatic heterocycles. The van der Waals surface area contributed by atoms with E-state index >= 15 is 0 Å². The zero-order chi connectivity index (χ0) is 12.5. The van der Waals surface area contributed by atoms with E-state index in [1.54, 1.807) is 23.3 Å². The summed E-state index contributed by atoms with van der Waals surface area (Å²) in [7, 11) is 0. The molecule has 1 saturated carbocycles. The average Bonchev–Trinajstić information content (AvgIpc) is 3.04. The third kappa shape index (κ3) is 2.43.